The van der Waals surface area contributed by atoms with Gasteiger partial charge in [0.05, 0.1) is 12.3 Å². The maximum Gasteiger partial charge on any atom is 0.123 e. The van der Waals surface area contributed by atoms with Crippen molar-refractivity contribution in [2.24, 2.45) is 5.10 Å². The molecule has 0 spiro atoms. The molecule has 0 atom stereocenters. The molecule has 0 amide bonds. The quantitative estimate of drug-likeness (QED) is 0.709. The fourth-order valence-corrected chi connectivity index (χ4v) is 1.22. The van der Waals surface area contributed by atoms with Crippen LogP contribution in [0.5, 0.6) is 0 Å². The number of aliphatic hydroxyl groups is 1. The van der Waals surface area contributed by atoms with E-state index in [4.69, 9.17) is 0 Å². The molecule has 0 aliphatic carbocycles. The Kier molecular flexibility index (Phi) is 2.18. The summed E-state index contributed by atoms with van der Waals surface area (Å²) < 4.78 is 12.6. The van der Waals surface area contributed by atoms with E-state index in [1.807, 2.05) is 0 Å². The summed E-state index contributed by atoms with van der Waals surface area (Å²) in [5.41, 5.74) is 4.05. The minimum Gasteiger partial charge on any atom is -0.510 e. The second kappa shape index (κ2) is 3.49. The van der Waals surface area contributed by atoms with Crippen LogP contribution in [0.25, 0.3) is 0 Å². The van der Waals surface area contributed by atoms with Crippen LogP contribution in [-0.2, 0) is 0 Å². The molecule has 4 heteroatoms. The first-order chi connectivity index (χ1) is 6.75. The maximum atomic E-state index is 12.6. The Labute approximate surface area is 80.6 Å². The van der Waals surface area contributed by atoms with Crippen LogP contribution >= 0.6 is 0 Å². The SMILES string of the molecule is OC1=CC(c2ccc(F)cc2)=NNC1. The first-order valence-electron chi connectivity index (χ1n) is 4.22. The average Bonchev–Trinajstić information content (AvgIpc) is 2.19. The molecule has 1 aromatic carbocycles. The Hall–Kier alpha value is -1.84. The molecule has 0 unspecified atom stereocenters. The van der Waals surface area contributed by atoms with Crippen molar-refractivity contribution in [3.05, 3.63) is 47.5 Å². The lowest BCUT2D eigenvalue weighted by atomic mass is 10.1. The van der Waals surface area contributed by atoms with Gasteiger partial charge in [-0.2, -0.15) is 5.10 Å². The summed E-state index contributed by atoms with van der Waals surface area (Å²) in [6.07, 6.45) is 1.56. The smallest absolute Gasteiger partial charge is 0.123 e. The van der Waals surface area contributed by atoms with E-state index >= 15 is 0 Å². The molecule has 0 saturated carbocycles. The molecular weight excluding hydrogens is 183 g/mol. The Bertz CT molecular complexity index is 395. The summed E-state index contributed by atoms with van der Waals surface area (Å²) >= 11 is 0. The van der Waals surface area contributed by atoms with E-state index < -0.39 is 0 Å². The van der Waals surface area contributed by atoms with Crippen molar-refractivity contribution < 1.29 is 9.50 Å². The summed E-state index contributed by atoms with van der Waals surface area (Å²) in [7, 11) is 0. The number of hydrogen-bond donors (Lipinski definition) is 2. The van der Waals surface area contributed by atoms with Crippen LogP contribution in [-0.4, -0.2) is 17.4 Å². The van der Waals surface area contributed by atoms with Gasteiger partial charge in [-0.15, -0.1) is 0 Å². The monoisotopic (exact) mass is 192 g/mol. The van der Waals surface area contributed by atoms with E-state index in [9.17, 15) is 9.50 Å². The lowest BCUT2D eigenvalue weighted by Crippen LogP contribution is -2.19. The Morgan fingerprint density at radius 2 is 2.00 bits per heavy atom. The third kappa shape index (κ3) is 1.74. The molecule has 3 nitrogen and oxygen atoms in total. The lowest BCUT2D eigenvalue weighted by Gasteiger charge is -2.09. The molecule has 1 aliphatic rings. The van der Waals surface area contributed by atoms with Crippen molar-refractivity contribution in [2.75, 3.05) is 6.54 Å². The Balaban J connectivity index is 2.32. The summed E-state index contributed by atoms with van der Waals surface area (Å²) in [5.74, 6) is -0.0642. The minimum atomic E-state index is -0.286. The average molecular weight is 192 g/mol. The second-order valence-corrected chi connectivity index (χ2v) is 2.97. The van der Waals surface area contributed by atoms with E-state index in [2.05, 4.69) is 10.5 Å². The molecular formula is C10H9FN2O. The van der Waals surface area contributed by atoms with Gasteiger partial charge in [-0.05, 0) is 24.3 Å². The van der Waals surface area contributed by atoms with Crippen LogP contribution in [0.1, 0.15) is 5.56 Å². The molecule has 1 aromatic rings. The molecule has 0 aromatic heterocycles. The predicted molar refractivity (Wildman–Crippen MR) is 51.7 cm³/mol. The summed E-state index contributed by atoms with van der Waals surface area (Å²) in [6.45, 7) is 0.338. The number of halogens is 1. The van der Waals surface area contributed by atoms with Gasteiger partial charge in [0.2, 0.25) is 0 Å². The molecule has 1 aliphatic heterocycles. The van der Waals surface area contributed by atoms with Gasteiger partial charge in [-0.3, -0.25) is 0 Å². The second-order valence-electron chi connectivity index (χ2n) is 2.97. The van der Waals surface area contributed by atoms with Crippen LogP contribution in [0.2, 0.25) is 0 Å². The number of nitrogens with zero attached hydrogens (tertiary/aromatic N) is 1. The maximum absolute atomic E-state index is 12.6. The fraction of sp³-hybridized carbons (Fsp3) is 0.100. The van der Waals surface area contributed by atoms with Gasteiger partial charge in [0.15, 0.2) is 0 Å². The van der Waals surface area contributed by atoms with Crippen LogP contribution in [0.15, 0.2) is 41.2 Å². The van der Waals surface area contributed by atoms with E-state index in [1.165, 1.54) is 12.1 Å². The highest BCUT2D eigenvalue weighted by molar-refractivity contribution is 6.09. The Morgan fingerprint density at radius 1 is 1.29 bits per heavy atom. The van der Waals surface area contributed by atoms with Gasteiger partial charge in [0, 0.05) is 11.6 Å². The molecule has 14 heavy (non-hydrogen) atoms. The Morgan fingerprint density at radius 3 is 2.64 bits per heavy atom. The summed E-state index contributed by atoms with van der Waals surface area (Å²) in [6, 6.07) is 5.95. The molecule has 2 rings (SSSR count). The predicted octanol–water partition coefficient (Wildman–Crippen LogP) is 1.57. The van der Waals surface area contributed by atoms with Gasteiger partial charge < -0.3 is 10.5 Å². The molecule has 0 radical (unpaired) electrons. The van der Waals surface area contributed by atoms with E-state index in [1.54, 1.807) is 18.2 Å². The van der Waals surface area contributed by atoms with Crippen LogP contribution in [0.4, 0.5) is 4.39 Å². The first kappa shape index (κ1) is 8.74. The molecule has 72 valence electrons. The van der Waals surface area contributed by atoms with Gasteiger partial charge in [-0.25, -0.2) is 4.39 Å². The van der Waals surface area contributed by atoms with Crippen molar-refractivity contribution >= 4 is 5.71 Å². The van der Waals surface area contributed by atoms with Crippen LogP contribution < -0.4 is 5.43 Å². The number of allylic oxidation sites excluding steroid dienone is 1. The minimum absolute atomic E-state index is 0.222. The lowest BCUT2D eigenvalue weighted by molar-refractivity contribution is 0.388. The summed E-state index contributed by atoms with van der Waals surface area (Å²) in [4.78, 5) is 0. The van der Waals surface area contributed by atoms with Gasteiger partial charge in [-0.1, -0.05) is 0 Å². The van der Waals surface area contributed by atoms with E-state index in [0.29, 0.717) is 12.3 Å². The fourth-order valence-electron chi connectivity index (χ4n) is 1.22. The number of hydrazone groups is 1. The van der Waals surface area contributed by atoms with Crippen molar-refractivity contribution in [3.8, 4) is 0 Å². The van der Waals surface area contributed by atoms with Gasteiger partial charge in [0.1, 0.15) is 11.6 Å². The topological polar surface area (TPSA) is 44.6 Å². The highest BCUT2D eigenvalue weighted by atomic mass is 19.1. The number of benzene rings is 1. The van der Waals surface area contributed by atoms with Crippen LogP contribution in [0.3, 0.4) is 0 Å². The van der Waals surface area contributed by atoms with Crippen molar-refractivity contribution in [2.45, 2.75) is 0 Å². The zero-order chi connectivity index (χ0) is 9.97. The largest absolute Gasteiger partial charge is 0.510 e. The third-order valence-corrected chi connectivity index (χ3v) is 1.90. The normalized spacial score (nSPS) is 15.5. The van der Waals surface area contributed by atoms with E-state index in [-0.39, 0.29) is 11.6 Å². The van der Waals surface area contributed by atoms with Gasteiger partial charge in [0.25, 0.3) is 0 Å². The molecule has 1 heterocycles. The number of rotatable bonds is 1. The van der Waals surface area contributed by atoms with Crippen LogP contribution in [0, 0.1) is 5.82 Å². The number of nitrogens with one attached hydrogen (secondary N) is 1. The van der Waals surface area contributed by atoms with Gasteiger partial charge >= 0.3 is 0 Å². The van der Waals surface area contributed by atoms with Crippen molar-refractivity contribution in [1.29, 1.82) is 0 Å². The molecule has 0 fully saturated rings. The zero-order valence-electron chi connectivity index (χ0n) is 7.37. The highest BCUT2D eigenvalue weighted by Crippen LogP contribution is 2.08. The first-order valence-corrected chi connectivity index (χ1v) is 4.22. The standard InChI is InChI=1S/C10H9FN2O/c11-8-3-1-7(2-4-8)10-5-9(14)6-12-13-10/h1-5,12,14H,6H2. The molecule has 2 N–H and O–H groups in total. The summed E-state index contributed by atoms with van der Waals surface area (Å²) in [5, 5.41) is 13.2. The molecule has 0 bridgehead atoms. The van der Waals surface area contributed by atoms with E-state index in [0.717, 1.165) is 5.56 Å². The number of aliphatic hydroxyl groups excluding tert-OH is 1. The molecule has 0 saturated heterocycles. The third-order valence-electron chi connectivity index (χ3n) is 1.90. The number of hydrogen-bond acceptors (Lipinski definition) is 3. The zero-order valence-corrected chi connectivity index (χ0v) is 7.37. The van der Waals surface area contributed by atoms with Crippen molar-refractivity contribution in [1.82, 2.24) is 5.43 Å². The highest BCUT2D eigenvalue weighted by Gasteiger charge is 2.07. The van der Waals surface area contributed by atoms with Crippen molar-refractivity contribution in [3.63, 3.8) is 0 Å².